The van der Waals surface area contributed by atoms with Crippen molar-refractivity contribution in [1.29, 1.82) is 0 Å². The van der Waals surface area contributed by atoms with E-state index in [4.69, 9.17) is 23.4 Å². The third kappa shape index (κ3) is 6.28. The quantitative estimate of drug-likeness (QED) is 0.120. The van der Waals surface area contributed by atoms with Gasteiger partial charge in [0.25, 0.3) is 0 Å². The maximum atomic E-state index is 12.6. The number of hydrogen-bond acceptors (Lipinski definition) is 16. The Morgan fingerprint density at radius 3 is 1.73 bits per heavy atom. The zero-order valence-corrected chi connectivity index (χ0v) is 23.3. The molecule has 242 valence electrons. The SMILES string of the molecule is Cl.O=c1cc2oc(-c3ccc(O)c(O)c3)c(O[C@@H]3O[C@H](CO)[C@@H](O)[C@H](O)[C@H]3O)cc-2c(O[C@@H]2O[C@H](CO)[C@@H](O)[C@H](O)[C@H]2O)c1. The van der Waals surface area contributed by atoms with Gasteiger partial charge in [0.2, 0.25) is 12.6 Å². The molecule has 0 radical (unpaired) electrons. The van der Waals surface area contributed by atoms with Crippen molar-refractivity contribution in [3.05, 3.63) is 46.6 Å². The molecule has 3 aliphatic heterocycles. The van der Waals surface area contributed by atoms with Gasteiger partial charge in [-0.3, -0.25) is 4.79 Å². The maximum absolute atomic E-state index is 12.6. The van der Waals surface area contributed by atoms with Crippen molar-refractivity contribution in [3.8, 4) is 45.6 Å². The van der Waals surface area contributed by atoms with Crippen LogP contribution in [0.1, 0.15) is 0 Å². The molecule has 10 atom stereocenters. The Bertz CT molecular complexity index is 1460. The first-order valence-electron chi connectivity index (χ1n) is 13.0. The molecule has 0 unspecified atom stereocenters. The summed E-state index contributed by atoms with van der Waals surface area (Å²) in [4.78, 5) is 12.6. The molecular weight excluding hydrogens is 616 g/mol. The second kappa shape index (κ2) is 13.4. The Morgan fingerprint density at radius 2 is 1.20 bits per heavy atom. The number of ether oxygens (including phenoxy) is 4. The van der Waals surface area contributed by atoms with Crippen LogP contribution in [-0.4, -0.2) is 126 Å². The van der Waals surface area contributed by atoms with Crippen molar-refractivity contribution >= 4 is 12.4 Å². The van der Waals surface area contributed by atoms with Crippen molar-refractivity contribution in [1.82, 2.24) is 0 Å². The zero-order valence-electron chi connectivity index (χ0n) is 22.5. The Morgan fingerprint density at radius 1 is 0.659 bits per heavy atom. The monoisotopic (exact) mass is 646 g/mol. The second-order valence-corrected chi connectivity index (χ2v) is 10.1. The summed E-state index contributed by atoms with van der Waals surface area (Å²) in [6, 6.07) is 6.87. The summed E-state index contributed by atoms with van der Waals surface area (Å²) in [7, 11) is 0. The van der Waals surface area contributed by atoms with Crippen molar-refractivity contribution in [2.45, 2.75) is 61.4 Å². The number of rotatable bonds is 7. The predicted molar refractivity (Wildman–Crippen MR) is 146 cm³/mol. The van der Waals surface area contributed by atoms with Crippen molar-refractivity contribution in [3.63, 3.8) is 0 Å². The highest BCUT2D eigenvalue weighted by molar-refractivity contribution is 5.85. The second-order valence-electron chi connectivity index (χ2n) is 10.1. The van der Waals surface area contributed by atoms with Gasteiger partial charge >= 0.3 is 0 Å². The molecule has 0 bridgehead atoms. The molecule has 5 rings (SSSR count). The van der Waals surface area contributed by atoms with Gasteiger partial charge in [0.1, 0.15) is 60.3 Å². The lowest BCUT2D eigenvalue weighted by Crippen LogP contribution is -2.60. The lowest BCUT2D eigenvalue weighted by atomic mass is 9.99. The van der Waals surface area contributed by atoms with E-state index in [2.05, 4.69) is 0 Å². The standard InChI is InChI=1S/C27H30O16.ClH/c28-7-17-19(33)21(35)23(37)26(42-17)40-15-5-10(30)4-14-11(15)6-16(25(39-14)9-1-2-12(31)13(32)3-9)41-27-24(38)22(36)20(34)18(8-29)43-27;/h1-6,17-24,26-29,31-38H,7-8H2;1H/t17-,18-,19-,20-,21+,22+,23-,24-,26-,27-;/m1./s1. The number of hydrogen-bond donors (Lipinski definition) is 10. The number of phenols is 2. The van der Waals surface area contributed by atoms with E-state index in [1.807, 2.05) is 0 Å². The number of aliphatic hydroxyl groups excluding tert-OH is 8. The lowest BCUT2D eigenvalue weighted by molar-refractivity contribution is -0.277. The zero-order chi connectivity index (χ0) is 31.2. The minimum absolute atomic E-state index is 0. The fourth-order valence-electron chi connectivity index (χ4n) is 4.79. The van der Waals surface area contributed by atoms with Gasteiger partial charge in [-0.05, 0) is 24.3 Å². The molecule has 10 N–H and O–H groups in total. The molecule has 44 heavy (non-hydrogen) atoms. The van der Waals surface area contributed by atoms with Gasteiger partial charge in [0.15, 0.2) is 28.4 Å². The van der Waals surface area contributed by atoms with Gasteiger partial charge in [-0.1, -0.05) is 0 Å². The van der Waals surface area contributed by atoms with Gasteiger partial charge in [-0.15, -0.1) is 12.4 Å². The molecule has 2 saturated heterocycles. The number of aliphatic hydroxyl groups is 8. The van der Waals surface area contributed by atoms with Gasteiger partial charge < -0.3 is 74.4 Å². The molecule has 1 aromatic carbocycles. The van der Waals surface area contributed by atoms with Crippen LogP contribution in [0.3, 0.4) is 0 Å². The summed E-state index contributed by atoms with van der Waals surface area (Å²) >= 11 is 0. The first-order valence-corrected chi connectivity index (χ1v) is 13.0. The fraction of sp³-hybridized carbons (Fsp3) is 0.444. The Kier molecular flexibility index (Phi) is 10.2. The molecule has 17 heteroatoms. The van der Waals surface area contributed by atoms with Crippen LogP contribution in [0.15, 0.2) is 45.6 Å². The molecule has 0 saturated carbocycles. The Hall–Kier alpha value is -3.26. The molecule has 3 heterocycles. The highest BCUT2D eigenvalue weighted by atomic mass is 35.5. The molecule has 0 amide bonds. The summed E-state index contributed by atoms with van der Waals surface area (Å²) in [6.07, 6.45) is -16.6. The first-order chi connectivity index (χ1) is 20.4. The average Bonchev–Trinajstić information content (AvgIpc) is 2.98. The summed E-state index contributed by atoms with van der Waals surface area (Å²) in [5.74, 6) is -1.83. The minimum atomic E-state index is -1.83. The van der Waals surface area contributed by atoms with Gasteiger partial charge in [0.05, 0.1) is 18.8 Å². The van der Waals surface area contributed by atoms with Crippen molar-refractivity contribution in [2.24, 2.45) is 0 Å². The van der Waals surface area contributed by atoms with E-state index in [-0.39, 0.29) is 46.6 Å². The van der Waals surface area contributed by atoms with Crippen molar-refractivity contribution in [2.75, 3.05) is 13.2 Å². The summed E-state index contributed by atoms with van der Waals surface area (Å²) in [5, 5.41) is 100. The average molecular weight is 647 g/mol. The summed E-state index contributed by atoms with van der Waals surface area (Å²) in [5.41, 5.74) is -0.537. The number of fused-ring (bicyclic) bond motifs is 1. The third-order valence-corrected chi connectivity index (χ3v) is 7.21. The third-order valence-electron chi connectivity index (χ3n) is 7.21. The van der Waals surface area contributed by atoms with Crippen LogP contribution in [0, 0.1) is 0 Å². The van der Waals surface area contributed by atoms with E-state index >= 15 is 0 Å². The van der Waals surface area contributed by atoms with Crippen LogP contribution in [0.2, 0.25) is 0 Å². The largest absolute Gasteiger partial charge is 0.504 e. The van der Waals surface area contributed by atoms with Gasteiger partial charge in [-0.25, -0.2) is 0 Å². The fourth-order valence-corrected chi connectivity index (χ4v) is 4.79. The maximum Gasteiger partial charge on any atom is 0.229 e. The number of aromatic hydroxyl groups is 2. The number of benzene rings is 2. The molecule has 1 aromatic rings. The van der Waals surface area contributed by atoms with Crippen LogP contribution >= 0.6 is 12.4 Å². The Balaban J connectivity index is 0.00000442. The molecule has 16 nitrogen and oxygen atoms in total. The Labute approximate surface area is 253 Å². The van der Waals surface area contributed by atoms with Crippen LogP contribution < -0.4 is 14.9 Å². The van der Waals surface area contributed by atoms with Crippen LogP contribution in [-0.2, 0) is 9.47 Å². The molecular formula is C27H31ClO16. The highest BCUT2D eigenvalue weighted by Gasteiger charge is 2.46. The van der Waals surface area contributed by atoms with Crippen LogP contribution in [0.4, 0.5) is 0 Å². The number of halogens is 1. The lowest BCUT2D eigenvalue weighted by Gasteiger charge is -2.40. The topological polar surface area (TPSA) is 269 Å². The van der Waals surface area contributed by atoms with Gasteiger partial charge in [0, 0.05) is 17.7 Å². The van der Waals surface area contributed by atoms with E-state index in [1.54, 1.807) is 0 Å². The van der Waals surface area contributed by atoms with Crippen LogP contribution in [0.25, 0.3) is 22.6 Å². The van der Waals surface area contributed by atoms with E-state index in [1.165, 1.54) is 12.1 Å². The minimum Gasteiger partial charge on any atom is -0.504 e. The summed E-state index contributed by atoms with van der Waals surface area (Å²) < 4.78 is 28.3. The van der Waals surface area contributed by atoms with E-state index in [9.17, 15) is 55.9 Å². The van der Waals surface area contributed by atoms with E-state index in [0.717, 1.165) is 24.3 Å². The smallest absolute Gasteiger partial charge is 0.229 e. The molecule has 0 aromatic heterocycles. The van der Waals surface area contributed by atoms with Crippen molar-refractivity contribution < 1.29 is 74.4 Å². The molecule has 0 spiro atoms. The van der Waals surface area contributed by atoms with E-state index < -0.39 is 91.6 Å². The molecule has 4 aliphatic rings. The molecule has 1 aliphatic carbocycles. The predicted octanol–water partition coefficient (Wildman–Crippen LogP) is -2.40. The number of phenolic OH excluding ortho intramolecular Hbond substituents is 2. The van der Waals surface area contributed by atoms with Crippen LogP contribution in [0.5, 0.6) is 23.0 Å². The highest BCUT2D eigenvalue weighted by Crippen LogP contribution is 2.44. The normalized spacial score (nSPS) is 32.2. The summed E-state index contributed by atoms with van der Waals surface area (Å²) in [6.45, 7) is -1.47. The first kappa shape index (κ1) is 33.6. The van der Waals surface area contributed by atoms with E-state index in [0.29, 0.717) is 0 Å². The molecule has 2 fully saturated rings. The van der Waals surface area contributed by atoms with Gasteiger partial charge in [-0.2, -0.15) is 0 Å².